The van der Waals surface area contributed by atoms with Gasteiger partial charge in [-0.25, -0.2) is 0 Å². The number of anilines is 1. The van der Waals surface area contributed by atoms with Crippen LogP contribution in [0.3, 0.4) is 0 Å². The van der Waals surface area contributed by atoms with Gasteiger partial charge in [0.1, 0.15) is 5.69 Å². The van der Waals surface area contributed by atoms with Gasteiger partial charge in [0.15, 0.2) is 0 Å². The first-order valence-corrected chi connectivity index (χ1v) is 5.97. The van der Waals surface area contributed by atoms with Gasteiger partial charge in [0.2, 0.25) is 0 Å². The number of H-pyrrole nitrogens is 1. The van der Waals surface area contributed by atoms with Gasteiger partial charge < -0.3 is 5.73 Å². The maximum absolute atomic E-state index is 5.86. The molecule has 0 unspecified atom stereocenters. The van der Waals surface area contributed by atoms with Crippen molar-refractivity contribution in [2.45, 2.75) is 13.8 Å². The molecule has 18 heavy (non-hydrogen) atoms. The van der Waals surface area contributed by atoms with Crippen molar-refractivity contribution in [2.24, 2.45) is 0 Å². The van der Waals surface area contributed by atoms with Crippen LogP contribution in [-0.2, 0) is 0 Å². The van der Waals surface area contributed by atoms with Crippen LogP contribution in [0.25, 0.3) is 22.2 Å². The highest BCUT2D eigenvalue weighted by Gasteiger charge is 2.12. The Labute approximate surface area is 106 Å². The first kappa shape index (κ1) is 10.8. The number of hydrogen-bond acceptors (Lipinski definition) is 2. The quantitative estimate of drug-likeness (QED) is 0.637. The highest BCUT2D eigenvalue weighted by atomic mass is 15.1. The molecule has 0 saturated carbocycles. The molecule has 1 heterocycles. The van der Waals surface area contributed by atoms with E-state index in [0.29, 0.717) is 0 Å². The lowest BCUT2D eigenvalue weighted by Gasteiger charge is -2.07. The van der Waals surface area contributed by atoms with Gasteiger partial charge in [0.25, 0.3) is 0 Å². The molecule has 2 aromatic carbocycles. The number of fused-ring (bicyclic) bond motifs is 1. The molecule has 0 aliphatic heterocycles. The topological polar surface area (TPSA) is 54.7 Å². The summed E-state index contributed by atoms with van der Waals surface area (Å²) in [4.78, 5) is 0. The lowest BCUT2D eigenvalue weighted by atomic mass is 9.98. The predicted octanol–water partition coefficient (Wildman–Crippen LogP) is 3.43. The van der Waals surface area contributed by atoms with Crippen molar-refractivity contribution in [3.8, 4) is 11.3 Å². The number of aryl methyl sites for hydroxylation is 2. The number of rotatable bonds is 1. The van der Waals surface area contributed by atoms with E-state index >= 15 is 0 Å². The summed E-state index contributed by atoms with van der Waals surface area (Å²) in [5.74, 6) is 0. The molecule has 0 saturated heterocycles. The lowest BCUT2D eigenvalue weighted by molar-refractivity contribution is 1.12. The number of aromatic amines is 1. The van der Waals surface area contributed by atoms with E-state index in [1.54, 1.807) is 0 Å². The molecule has 3 nitrogen and oxygen atoms in total. The molecule has 0 spiro atoms. The van der Waals surface area contributed by atoms with Crippen LogP contribution in [0.1, 0.15) is 11.1 Å². The Kier molecular flexibility index (Phi) is 2.33. The highest BCUT2D eigenvalue weighted by molar-refractivity contribution is 5.96. The summed E-state index contributed by atoms with van der Waals surface area (Å²) in [6, 6.07) is 12.1. The molecule has 3 aromatic rings. The first-order valence-electron chi connectivity index (χ1n) is 5.97. The van der Waals surface area contributed by atoms with E-state index in [1.165, 1.54) is 16.7 Å². The Morgan fingerprint density at radius 1 is 1.06 bits per heavy atom. The largest absolute Gasteiger partial charge is 0.399 e. The maximum Gasteiger partial charge on any atom is 0.101 e. The fraction of sp³-hybridized carbons (Fsp3) is 0.133. The number of hydrogen-bond donors (Lipinski definition) is 2. The summed E-state index contributed by atoms with van der Waals surface area (Å²) in [5.41, 5.74) is 12.3. The molecule has 0 aliphatic carbocycles. The zero-order valence-electron chi connectivity index (χ0n) is 10.5. The minimum Gasteiger partial charge on any atom is -0.399 e. The molecular formula is C15H15N3. The van der Waals surface area contributed by atoms with Crippen molar-refractivity contribution >= 4 is 16.6 Å². The molecule has 0 bridgehead atoms. The third-order valence-electron chi connectivity index (χ3n) is 3.30. The normalized spacial score (nSPS) is 11.0. The van der Waals surface area contributed by atoms with Crippen LogP contribution in [0.2, 0.25) is 0 Å². The fourth-order valence-electron chi connectivity index (χ4n) is 2.41. The van der Waals surface area contributed by atoms with E-state index in [1.807, 2.05) is 18.2 Å². The van der Waals surface area contributed by atoms with Gasteiger partial charge in [-0.2, -0.15) is 5.10 Å². The van der Waals surface area contributed by atoms with Crippen molar-refractivity contribution in [1.29, 1.82) is 0 Å². The van der Waals surface area contributed by atoms with Crippen molar-refractivity contribution in [1.82, 2.24) is 10.2 Å². The smallest absolute Gasteiger partial charge is 0.101 e. The maximum atomic E-state index is 5.86. The van der Waals surface area contributed by atoms with Gasteiger partial charge in [-0.15, -0.1) is 0 Å². The third kappa shape index (κ3) is 1.56. The molecule has 0 radical (unpaired) electrons. The van der Waals surface area contributed by atoms with E-state index in [4.69, 9.17) is 5.73 Å². The number of benzene rings is 2. The van der Waals surface area contributed by atoms with Crippen LogP contribution >= 0.6 is 0 Å². The Morgan fingerprint density at radius 2 is 1.78 bits per heavy atom. The second-order valence-corrected chi connectivity index (χ2v) is 4.64. The van der Waals surface area contributed by atoms with Crippen LogP contribution in [-0.4, -0.2) is 10.2 Å². The first-order chi connectivity index (χ1) is 8.66. The summed E-state index contributed by atoms with van der Waals surface area (Å²) >= 11 is 0. The van der Waals surface area contributed by atoms with E-state index in [-0.39, 0.29) is 0 Å². The molecule has 3 heteroatoms. The average molecular weight is 237 g/mol. The van der Waals surface area contributed by atoms with Crippen molar-refractivity contribution in [3.63, 3.8) is 0 Å². The Balaban J connectivity index is 2.35. The summed E-state index contributed by atoms with van der Waals surface area (Å²) in [5, 5.41) is 8.59. The summed E-state index contributed by atoms with van der Waals surface area (Å²) < 4.78 is 0. The molecule has 1 aromatic heterocycles. The van der Waals surface area contributed by atoms with Gasteiger partial charge in [-0.05, 0) is 43.2 Å². The zero-order chi connectivity index (χ0) is 12.7. The predicted molar refractivity (Wildman–Crippen MR) is 75.4 cm³/mol. The number of nitrogens with one attached hydrogen (secondary N) is 1. The molecule has 0 fully saturated rings. The van der Waals surface area contributed by atoms with Gasteiger partial charge >= 0.3 is 0 Å². The number of aromatic nitrogens is 2. The van der Waals surface area contributed by atoms with E-state index in [0.717, 1.165) is 22.3 Å². The fourth-order valence-corrected chi connectivity index (χ4v) is 2.41. The standard InChI is InChI=1S/C15H15N3/c1-9-4-3-5-10(2)14(9)15-12-8-11(16)6-7-13(12)17-18-15/h3-8H,16H2,1-2H3,(H,17,18). The molecule has 0 amide bonds. The van der Waals surface area contributed by atoms with E-state index in [2.05, 4.69) is 42.2 Å². The summed E-state index contributed by atoms with van der Waals surface area (Å²) in [6.45, 7) is 4.21. The molecular weight excluding hydrogens is 222 g/mol. The van der Waals surface area contributed by atoms with Crippen LogP contribution in [0.4, 0.5) is 5.69 Å². The SMILES string of the molecule is Cc1cccc(C)c1-c1n[nH]c2ccc(N)cc12. The van der Waals surface area contributed by atoms with Crippen molar-refractivity contribution < 1.29 is 0 Å². The van der Waals surface area contributed by atoms with Gasteiger partial charge in [0.05, 0.1) is 5.52 Å². The van der Waals surface area contributed by atoms with Crippen LogP contribution in [0.15, 0.2) is 36.4 Å². The van der Waals surface area contributed by atoms with Crippen molar-refractivity contribution in [3.05, 3.63) is 47.5 Å². The molecule has 3 rings (SSSR count). The van der Waals surface area contributed by atoms with Gasteiger partial charge in [-0.3, -0.25) is 5.10 Å². The van der Waals surface area contributed by atoms with Gasteiger partial charge in [-0.1, -0.05) is 18.2 Å². The number of nitrogen functional groups attached to an aromatic ring is 1. The minimum atomic E-state index is 0.761. The van der Waals surface area contributed by atoms with Crippen LogP contribution in [0, 0.1) is 13.8 Å². The summed E-state index contributed by atoms with van der Waals surface area (Å²) in [7, 11) is 0. The van der Waals surface area contributed by atoms with E-state index < -0.39 is 0 Å². The second kappa shape index (κ2) is 3.88. The minimum absolute atomic E-state index is 0.761. The Hall–Kier alpha value is -2.29. The molecule has 0 atom stereocenters. The highest BCUT2D eigenvalue weighted by Crippen LogP contribution is 2.32. The van der Waals surface area contributed by atoms with Crippen LogP contribution < -0.4 is 5.73 Å². The molecule has 90 valence electrons. The van der Waals surface area contributed by atoms with Crippen LogP contribution in [0.5, 0.6) is 0 Å². The monoisotopic (exact) mass is 237 g/mol. The molecule has 3 N–H and O–H groups in total. The third-order valence-corrected chi connectivity index (χ3v) is 3.30. The Bertz CT molecular complexity index is 705. The van der Waals surface area contributed by atoms with E-state index in [9.17, 15) is 0 Å². The molecule has 0 aliphatic rings. The summed E-state index contributed by atoms with van der Waals surface area (Å²) in [6.07, 6.45) is 0. The number of nitrogens with zero attached hydrogens (tertiary/aromatic N) is 1. The average Bonchev–Trinajstić information content (AvgIpc) is 2.72. The zero-order valence-corrected chi connectivity index (χ0v) is 10.5. The van der Waals surface area contributed by atoms with Crippen molar-refractivity contribution in [2.75, 3.05) is 5.73 Å². The Morgan fingerprint density at radius 3 is 2.50 bits per heavy atom. The number of nitrogens with two attached hydrogens (primary N) is 1. The lowest BCUT2D eigenvalue weighted by Crippen LogP contribution is -1.89. The van der Waals surface area contributed by atoms with Gasteiger partial charge in [0, 0.05) is 16.6 Å². The second-order valence-electron chi connectivity index (χ2n) is 4.64.